The van der Waals surface area contributed by atoms with Gasteiger partial charge in [0.2, 0.25) is 17.7 Å². The molecule has 5 saturated carbocycles. The molecule has 0 atom stereocenters. The summed E-state index contributed by atoms with van der Waals surface area (Å²) in [6.45, 7) is -0.353. The highest BCUT2D eigenvalue weighted by molar-refractivity contribution is 6.09. The molecule has 7 nitrogen and oxygen atoms in total. The van der Waals surface area contributed by atoms with E-state index >= 15 is 0 Å². The monoisotopic (exact) mass is 401 g/mol. The third-order valence-electron chi connectivity index (χ3n) is 8.27. The normalized spacial score (nSPS) is 37.2. The molecule has 1 saturated heterocycles. The molecule has 5 aliphatic carbocycles. The van der Waals surface area contributed by atoms with E-state index in [2.05, 4.69) is 10.6 Å². The average Bonchev–Trinajstić information content (AvgIpc) is 2.84. The molecule has 7 heteroatoms. The van der Waals surface area contributed by atoms with Crippen LogP contribution in [0.5, 0.6) is 0 Å². The first-order valence-corrected chi connectivity index (χ1v) is 11.3. The fourth-order valence-corrected chi connectivity index (χ4v) is 7.48. The van der Waals surface area contributed by atoms with Crippen molar-refractivity contribution >= 4 is 23.8 Å². The minimum atomic E-state index is -0.600. The maximum atomic E-state index is 12.8. The van der Waals surface area contributed by atoms with Gasteiger partial charge in [-0.1, -0.05) is 19.3 Å². The van der Waals surface area contributed by atoms with Gasteiger partial charge in [-0.3, -0.25) is 24.6 Å². The predicted octanol–water partition coefficient (Wildman–Crippen LogP) is 2.49. The molecule has 29 heavy (non-hydrogen) atoms. The molecule has 1 heterocycles. The number of nitrogens with one attached hydrogen (secondary N) is 2. The summed E-state index contributed by atoms with van der Waals surface area (Å²) < 4.78 is 0. The maximum absolute atomic E-state index is 12.8. The topological polar surface area (TPSA) is 95.6 Å². The number of amides is 5. The molecule has 6 rings (SSSR count). The van der Waals surface area contributed by atoms with E-state index in [1.807, 2.05) is 0 Å². The van der Waals surface area contributed by atoms with E-state index in [-0.39, 0.29) is 30.3 Å². The molecule has 0 radical (unpaired) electrons. The molecule has 1 spiro atoms. The molecule has 0 aromatic carbocycles. The quantitative estimate of drug-likeness (QED) is 0.710. The van der Waals surface area contributed by atoms with Gasteiger partial charge in [0.15, 0.2) is 0 Å². The van der Waals surface area contributed by atoms with Gasteiger partial charge in [0.1, 0.15) is 6.54 Å². The molecular formula is C22H31N3O4. The predicted molar refractivity (Wildman–Crippen MR) is 104 cm³/mol. The molecule has 0 aromatic heterocycles. The number of urea groups is 1. The van der Waals surface area contributed by atoms with Crippen molar-refractivity contribution in [3.63, 3.8) is 0 Å². The summed E-state index contributed by atoms with van der Waals surface area (Å²) in [4.78, 5) is 51.3. The Labute approximate surface area is 171 Å². The van der Waals surface area contributed by atoms with E-state index < -0.39 is 17.4 Å². The second kappa shape index (κ2) is 6.81. The molecule has 0 aromatic rings. The molecule has 0 unspecified atom stereocenters. The summed E-state index contributed by atoms with van der Waals surface area (Å²) in [5.41, 5.74) is -0.776. The van der Waals surface area contributed by atoms with Crippen LogP contribution in [0, 0.1) is 23.2 Å². The Morgan fingerprint density at radius 3 is 2.10 bits per heavy atom. The van der Waals surface area contributed by atoms with Crippen molar-refractivity contribution in [1.29, 1.82) is 0 Å². The number of hydrogen-bond donors (Lipinski definition) is 2. The Kier molecular flexibility index (Phi) is 4.48. The van der Waals surface area contributed by atoms with Crippen molar-refractivity contribution in [1.82, 2.24) is 15.5 Å². The molecule has 4 bridgehead atoms. The van der Waals surface area contributed by atoms with Crippen molar-refractivity contribution in [2.24, 2.45) is 23.2 Å². The Balaban J connectivity index is 1.17. The first kappa shape index (κ1) is 19.1. The molecule has 158 valence electrons. The van der Waals surface area contributed by atoms with Crippen LogP contribution in [0.15, 0.2) is 0 Å². The van der Waals surface area contributed by atoms with Gasteiger partial charge in [-0.05, 0) is 69.1 Å². The van der Waals surface area contributed by atoms with Gasteiger partial charge in [-0.15, -0.1) is 0 Å². The van der Waals surface area contributed by atoms with Gasteiger partial charge in [0.25, 0.3) is 0 Å². The lowest BCUT2D eigenvalue weighted by Gasteiger charge is -2.56. The van der Waals surface area contributed by atoms with Gasteiger partial charge < -0.3 is 5.32 Å². The van der Waals surface area contributed by atoms with E-state index in [1.165, 1.54) is 19.3 Å². The lowest BCUT2D eigenvalue weighted by Crippen LogP contribution is -2.62. The van der Waals surface area contributed by atoms with Gasteiger partial charge in [-0.25, -0.2) is 4.79 Å². The van der Waals surface area contributed by atoms with E-state index in [0.717, 1.165) is 56.3 Å². The number of likely N-dealkylation sites (tertiary alicyclic amines) is 1. The van der Waals surface area contributed by atoms with Crippen LogP contribution in [-0.4, -0.2) is 40.7 Å². The second-order valence-corrected chi connectivity index (χ2v) is 10.5. The Bertz CT molecular complexity index is 720. The molecular weight excluding hydrogens is 370 g/mol. The van der Waals surface area contributed by atoms with Crippen molar-refractivity contribution in [3.05, 3.63) is 0 Å². The third-order valence-corrected chi connectivity index (χ3v) is 8.27. The summed E-state index contributed by atoms with van der Waals surface area (Å²) >= 11 is 0. The minimum absolute atomic E-state index is 0.176. The highest BCUT2D eigenvalue weighted by Gasteiger charge is 2.53. The summed E-state index contributed by atoms with van der Waals surface area (Å²) in [6.07, 6.45) is 11.5. The van der Waals surface area contributed by atoms with Crippen LogP contribution in [-0.2, 0) is 14.4 Å². The van der Waals surface area contributed by atoms with Gasteiger partial charge in [0, 0.05) is 12.0 Å². The average molecular weight is 402 g/mol. The van der Waals surface area contributed by atoms with E-state index in [4.69, 9.17) is 0 Å². The smallest absolute Gasteiger partial charge is 0.321 e. The lowest BCUT2D eigenvalue weighted by molar-refractivity contribution is -0.145. The lowest BCUT2D eigenvalue weighted by atomic mass is 9.53. The summed E-state index contributed by atoms with van der Waals surface area (Å²) in [5, 5.41) is 5.48. The molecule has 5 amide bonds. The van der Waals surface area contributed by atoms with Crippen LogP contribution in [0.4, 0.5) is 4.79 Å². The van der Waals surface area contributed by atoms with Crippen molar-refractivity contribution < 1.29 is 19.2 Å². The Morgan fingerprint density at radius 2 is 1.52 bits per heavy atom. The van der Waals surface area contributed by atoms with Crippen molar-refractivity contribution in [3.8, 4) is 0 Å². The largest absolute Gasteiger partial charge is 0.332 e. The number of nitrogens with zero attached hydrogens (tertiary/aromatic N) is 1. The van der Waals surface area contributed by atoms with Gasteiger partial charge in [0.05, 0.1) is 5.41 Å². The number of rotatable bonds is 3. The van der Waals surface area contributed by atoms with Crippen LogP contribution in [0.25, 0.3) is 0 Å². The molecule has 6 aliphatic rings. The summed E-state index contributed by atoms with van der Waals surface area (Å²) in [6, 6.07) is -0.483. The molecule has 2 N–H and O–H groups in total. The fraction of sp³-hybridized carbons (Fsp3) is 0.818. The van der Waals surface area contributed by atoms with Crippen LogP contribution in [0.3, 0.4) is 0 Å². The SMILES string of the molecule is O=C(CN1C(=O)CC2(CCCCC2)C1=O)NC(=O)NC12CC3CC(CC(C3)C1)C2. The zero-order chi connectivity index (χ0) is 20.2. The van der Waals surface area contributed by atoms with Crippen LogP contribution >= 0.6 is 0 Å². The molecule has 6 fully saturated rings. The first-order chi connectivity index (χ1) is 13.9. The van der Waals surface area contributed by atoms with Crippen LogP contribution in [0.2, 0.25) is 0 Å². The van der Waals surface area contributed by atoms with Gasteiger partial charge in [-0.2, -0.15) is 0 Å². The fourth-order valence-electron chi connectivity index (χ4n) is 7.48. The van der Waals surface area contributed by atoms with Crippen LogP contribution < -0.4 is 10.6 Å². The van der Waals surface area contributed by atoms with Gasteiger partial charge >= 0.3 is 6.03 Å². The van der Waals surface area contributed by atoms with Crippen LogP contribution in [0.1, 0.15) is 77.0 Å². The zero-order valence-corrected chi connectivity index (χ0v) is 17.0. The number of imide groups is 2. The second-order valence-electron chi connectivity index (χ2n) is 10.5. The Hall–Kier alpha value is -1.92. The van der Waals surface area contributed by atoms with Crippen molar-refractivity contribution in [2.45, 2.75) is 82.6 Å². The van der Waals surface area contributed by atoms with E-state index in [1.54, 1.807) is 0 Å². The number of hydrogen-bond acceptors (Lipinski definition) is 4. The molecule has 1 aliphatic heterocycles. The summed E-state index contributed by atoms with van der Waals surface area (Å²) in [7, 11) is 0. The Morgan fingerprint density at radius 1 is 0.931 bits per heavy atom. The maximum Gasteiger partial charge on any atom is 0.321 e. The van der Waals surface area contributed by atoms with E-state index in [0.29, 0.717) is 17.8 Å². The summed E-state index contributed by atoms with van der Waals surface area (Å²) in [5.74, 6) is 1.01. The standard InChI is InChI=1S/C22H31N3O4/c26-17(13-25-18(27)12-21(19(25)28)4-2-1-3-5-21)23-20(29)24-22-9-14-6-15(10-22)8-16(7-14)11-22/h14-16H,1-13H2,(H2,23,24,26,29). The highest BCUT2D eigenvalue weighted by atomic mass is 16.2. The van der Waals surface area contributed by atoms with Crippen molar-refractivity contribution in [2.75, 3.05) is 6.54 Å². The van der Waals surface area contributed by atoms with E-state index in [9.17, 15) is 19.2 Å². The number of carbonyl (C=O) groups is 4. The number of carbonyl (C=O) groups excluding carboxylic acids is 4. The first-order valence-electron chi connectivity index (χ1n) is 11.3. The highest BCUT2D eigenvalue weighted by Crippen LogP contribution is 2.55. The third kappa shape index (κ3) is 3.36. The minimum Gasteiger partial charge on any atom is -0.332 e. The zero-order valence-electron chi connectivity index (χ0n) is 17.0.